The molecule has 0 spiro atoms. The smallest absolute Gasteiger partial charge is 0.129 e. The number of nitrogens with two attached hydrogens (primary N) is 1. The average molecular weight is 263 g/mol. The van der Waals surface area contributed by atoms with E-state index in [1.54, 1.807) is 7.11 Å². The fourth-order valence-corrected chi connectivity index (χ4v) is 2.34. The predicted molar refractivity (Wildman–Crippen MR) is 78.4 cm³/mol. The van der Waals surface area contributed by atoms with E-state index in [0.717, 1.165) is 37.5 Å². The Hall–Kier alpha value is -1.13. The van der Waals surface area contributed by atoms with Gasteiger partial charge in [0.05, 0.1) is 6.61 Å². The lowest BCUT2D eigenvalue weighted by Gasteiger charge is -2.24. The Kier molecular flexibility index (Phi) is 5.16. The predicted octanol–water partition coefficient (Wildman–Crippen LogP) is 2.11. The number of hydrogen-bond acceptors (Lipinski definition) is 4. The first-order valence-electron chi connectivity index (χ1n) is 7.24. The maximum Gasteiger partial charge on any atom is 0.129 e. The van der Waals surface area contributed by atoms with Gasteiger partial charge in [-0.05, 0) is 37.0 Å². The molecule has 1 aliphatic carbocycles. The lowest BCUT2D eigenvalue weighted by molar-refractivity contribution is 0.204. The van der Waals surface area contributed by atoms with Crippen LogP contribution in [0.15, 0.2) is 12.1 Å². The van der Waals surface area contributed by atoms with Crippen LogP contribution in [0.4, 0.5) is 5.82 Å². The summed E-state index contributed by atoms with van der Waals surface area (Å²) in [6, 6.07) is 4.91. The molecule has 0 bridgehead atoms. The van der Waals surface area contributed by atoms with Crippen LogP contribution in [0.1, 0.15) is 37.4 Å². The van der Waals surface area contributed by atoms with Crippen molar-refractivity contribution in [3.8, 4) is 0 Å². The molecule has 1 aliphatic rings. The quantitative estimate of drug-likeness (QED) is 0.780. The molecular weight excluding hydrogens is 238 g/mol. The molecule has 1 aromatic rings. The van der Waals surface area contributed by atoms with Crippen LogP contribution >= 0.6 is 0 Å². The number of anilines is 1. The molecule has 0 atom stereocenters. The van der Waals surface area contributed by atoms with Gasteiger partial charge >= 0.3 is 0 Å². The van der Waals surface area contributed by atoms with Gasteiger partial charge in [-0.3, -0.25) is 0 Å². The Morgan fingerprint density at radius 3 is 2.79 bits per heavy atom. The van der Waals surface area contributed by atoms with E-state index in [4.69, 9.17) is 15.5 Å². The molecule has 1 heterocycles. The van der Waals surface area contributed by atoms with Crippen LogP contribution in [0.3, 0.4) is 0 Å². The van der Waals surface area contributed by atoms with Crippen molar-refractivity contribution < 1.29 is 4.74 Å². The highest BCUT2D eigenvalue weighted by molar-refractivity contribution is 5.45. The van der Waals surface area contributed by atoms with E-state index in [1.807, 2.05) is 0 Å². The second-order valence-corrected chi connectivity index (χ2v) is 5.20. The first-order chi connectivity index (χ1) is 9.28. The van der Waals surface area contributed by atoms with Crippen molar-refractivity contribution in [3.63, 3.8) is 0 Å². The van der Waals surface area contributed by atoms with Crippen molar-refractivity contribution in [2.45, 2.75) is 45.2 Å². The number of methoxy groups -OCH3 is 1. The third-order valence-corrected chi connectivity index (χ3v) is 3.48. The monoisotopic (exact) mass is 263 g/mol. The lowest BCUT2D eigenvalue weighted by atomic mass is 10.1. The molecule has 0 unspecified atom stereocenters. The van der Waals surface area contributed by atoms with E-state index in [-0.39, 0.29) is 0 Å². The minimum Gasteiger partial charge on any atom is -0.383 e. The standard InChI is InChI=1S/C15H25N3O/c1-3-4-13-9-12(11-16)10-15(17-13)18(7-8-19-2)14-5-6-14/h9-10,14H,3-8,11,16H2,1-2H3. The summed E-state index contributed by atoms with van der Waals surface area (Å²) in [5.41, 5.74) is 8.14. The fourth-order valence-electron chi connectivity index (χ4n) is 2.34. The van der Waals surface area contributed by atoms with Crippen molar-refractivity contribution in [3.05, 3.63) is 23.4 Å². The van der Waals surface area contributed by atoms with Gasteiger partial charge in [0.2, 0.25) is 0 Å². The summed E-state index contributed by atoms with van der Waals surface area (Å²) in [6.07, 6.45) is 4.66. The number of nitrogens with zero attached hydrogens (tertiary/aromatic N) is 2. The Balaban J connectivity index is 2.21. The molecule has 1 aromatic heterocycles. The van der Waals surface area contributed by atoms with Gasteiger partial charge in [0.1, 0.15) is 5.82 Å². The zero-order chi connectivity index (χ0) is 13.7. The topological polar surface area (TPSA) is 51.4 Å². The summed E-state index contributed by atoms with van der Waals surface area (Å²) < 4.78 is 5.21. The summed E-state index contributed by atoms with van der Waals surface area (Å²) in [5, 5.41) is 0. The molecule has 4 nitrogen and oxygen atoms in total. The molecule has 1 fully saturated rings. The van der Waals surface area contributed by atoms with Crippen LogP contribution in [-0.2, 0) is 17.7 Å². The van der Waals surface area contributed by atoms with Crippen molar-refractivity contribution in [2.75, 3.05) is 25.2 Å². The van der Waals surface area contributed by atoms with Gasteiger partial charge in [-0.2, -0.15) is 0 Å². The summed E-state index contributed by atoms with van der Waals surface area (Å²) in [6.45, 7) is 4.41. The van der Waals surface area contributed by atoms with Crippen LogP contribution in [0, 0.1) is 0 Å². The van der Waals surface area contributed by atoms with Crippen LogP contribution in [0.2, 0.25) is 0 Å². The maximum atomic E-state index is 5.80. The molecule has 0 aromatic carbocycles. The van der Waals surface area contributed by atoms with Gasteiger partial charge in [0.15, 0.2) is 0 Å². The Bertz CT molecular complexity index is 404. The molecule has 0 amide bonds. The van der Waals surface area contributed by atoms with Crippen LogP contribution < -0.4 is 10.6 Å². The van der Waals surface area contributed by atoms with Crippen molar-refractivity contribution >= 4 is 5.82 Å². The number of rotatable bonds is 8. The zero-order valence-electron chi connectivity index (χ0n) is 12.1. The molecule has 19 heavy (non-hydrogen) atoms. The number of ether oxygens (including phenoxy) is 1. The van der Waals surface area contributed by atoms with E-state index in [9.17, 15) is 0 Å². The van der Waals surface area contributed by atoms with Crippen molar-refractivity contribution in [1.82, 2.24) is 4.98 Å². The van der Waals surface area contributed by atoms with Gasteiger partial charge in [-0.15, -0.1) is 0 Å². The summed E-state index contributed by atoms with van der Waals surface area (Å²) in [7, 11) is 1.75. The second kappa shape index (κ2) is 6.87. The first kappa shape index (κ1) is 14.3. The minimum absolute atomic E-state index is 0.578. The third kappa shape index (κ3) is 3.91. The van der Waals surface area contributed by atoms with E-state index in [0.29, 0.717) is 12.6 Å². The molecule has 2 N–H and O–H groups in total. The molecular formula is C15H25N3O. The van der Waals surface area contributed by atoms with Gasteiger partial charge in [0, 0.05) is 31.9 Å². The van der Waals surface area contributed by atoms with Crippen molar-refractivity contribution in [2.24, 2.45) is 5.73 Å². The number of aryl methyl sites for hydroxylation is 1. The third-order valence-electron chi connectivity index (χ3n) is 3.48. The van der Waals surface area contributed by atoms with Crippen LogP contribution in [0.5, 0.6) is 0 Å². The van der Waals surface area contributed by atoms with E-state index in [2.05, 4.69) is 24.0 Å². The molecule has 1 saturated carbocycles. The van der Waals surface area contributed by atoms with Gasteiger partial charge in [-0.25, -0.2) is 4.98 Å². The van der Waals surface area contributed by atoms with Gasteiger partial charge < -0.3 is 15.4 Å². The number of aromatic nitrogens is 1. The second-order valence-electron chi connectivity index (χ2n) is 5.20. The van der Waals surface area contributed by atoms with Gasteiger partial charge in [0.25, 0.3) is 0 Å². The Morgan fingerprint density at radius 2 is 2.21 bits per heavy atom. The molecule has 0 aliphatic heterocycles. The summed E-state index contributed by atoms with van der Waals surface area (Å²) in [5.74, 6) is 1.07. The molecule has 4 heteroatoms. The number of pyridine rings is 1. The van der Waals surface area contributed by atoms with E-state index >= 15 is 0 Å². The van der Waals surface area contributed by atoms with Gasteiger partial charge in [-0.1, -0.05) is 13.3 Å². The van der Waals surface area contributed by atoms with Crippen LogP contribution in [-0.4, -0.2) is 31.3 Å². The average Bonchev–Trinajstić information content (AvgIpc) is 3.24. The highest BCUT2D eigenvalue weighted by atomic mass is 16.5. The fraction of sp³-hybridized carbons (Fsp3) is 0.667. The molecule has 2 rings (SSSR count). The zero-order valence-corrected chi connectivity index (χ0v) is 12.1. The highest BCUT2D eigenvalue weighted by Gasteiger charge is 2.30. The summed E-state index contributed by atoms with van der Waals surface area (Å²) in [4.78, 5) is 7.18. The number of hydrogen-bond donors (Lipinski definition) is 1. The van der Waals surface area contributed by atoms with E-state index < -0.39 is 0 Å². The molecule has 106 valence electrons. The maximum absolute atomic E-state index is 5.80. The van der Waals surface area contributed by atoms with Crippen LogP contribution in [0.25, 0.3) is 0 Å². The molecule has 0 saturated heterocycles. The molecule has 0 radical (unpaired) electrons. The Labute approximate surface area is 116 Å². The minimum atomic E-state index is 0.578. The lowest BCUT2D eigenvalue weighted by Crippen LogP contribution is -2.30. The summed E-state index contributed by atoms with van der Waals surface area (Å²) >= 11 is 0. The van der Waals surface area contributed by atoms with Crippen molar-refractivity contribution in [1.29, 1.82) is 0 Å². The largest absolute Gasteiger partial charge is 0.383 e. The first-order valence-corrected chi connectivity index (χ1v) is 7.24. The van der Waals surface area contributed by atoms with E-state index in [1.165, 1.54) is 18.4 Å². The Morgan fingerprint density at radius 1 is 1.42 bits per heavy atom. The highest BCUT2D eigenvalue weighted by Crippen LogP contribution is 2.31. The normalized spacial score (nSPS) is 14.7. The SMILES string of the molecule is CCCc1cc(CN)cc(N(CCOC)C2CC2)n1.